The Morgan fingerprint density at radius 2 is 1.92 bits per heavy atom. The number of nitrogens with two attached hydrogens (primary N) is 1. The maximum Gasteiger partial charge on any atom is 0.205 e. The molecule has 0 radical (unpaired) electrons. The molecular formula is C10H11N3. The highest BCUT2D eigenvalue weighted by atomic mass is 15.1. The van der Waals surface area contributed by atoms with Crippen LogP contribution in [-0.4, -0.2) is 9.55 Å². The Morgan fingerprint density at radius 1 is 1.23 bits per heavy atom. The Labute approximate surface area is 76.8 Å². The Kier molecular flexibility index (Phi) is 1.77. The first-order valence-electron chi connectivity index (χ1n) is 4.14. The average molecular weight is 173 g/mol. The predicted molar refractivity (Wildman–Crippen MR) is 52.7 cm³/mol. The molecule has 2 aromatic rings. The van der Waals surface area contributed by atoms with Crippen LogP contribution in [0.1, 0.15) is 5.69 Å². The molecule has 2 N–H and O–H groups in total. The van der Waals surface area contributed by atoms with E-state index in [-0.39, 0.29) is 0 Å². The summed E-state index contributed by atoms with van der Waals surface area (Å²) in [5, 5.41) is 0. The molecule has 3 heteroatoms. The molecular weight excluding hydrogens is 162 g/mol. The lowest BCUT2D eigenvalue weighted by molar-refractivity contribution is 1.07. The van der Waals surface area contributed by atoms with Crippen LogP contribution >= 0.6 is 0 Å². The number of rotatable bonds is 1. The number of aromatic nitrogens is 2. The highest BCUT2D eigenvalue weighted by molar-refractivity contribution is 5.39. The third-order valence-corrected chi connectivity index (χ3v) is 1.89. The van der Waals surface area contributed by atoms with Crippen LogP contribution in [-0.2, 0) is 0 Å². The molecule has 0 aliphatic heterocycles. The van der Waals surface area contributed by atoms with Crippen LogP contribution in [0.4, 0.5) is 5.95 Å². The summed E-state index contributed by atoms with van der Waals surface area (Å²) in [5.41, 5.74) is 7.70. The molecule has 1 aromatic heterocycles. The summed E-state index contributed by atoms with van der Waals surface area (Å²) in [6, 6.07) is 9.92. The molecule has 2 rings (SSSR count). The minimum Gasteiger partial charge on any atom is -0.369 e. The number of imidazole rings is 1. The first-order valence-corrected chi connectivity index (χ1v) is 4.14. The fourth-order valence-corrected chi connectivity index (χ4v) is 1.31. The monoisotopic (exact) mass is 173 g/mol. The Bertz CT molecular complexity index is 403. The molecule has 0 fully saturated rings. The molecule has 0 atom stereocenters. The molecule has 1 aromatic carbocycles. The van der Waals surface area contributed by atoms with Gasteiger partial charge in [0.05, 0.1) is 5.69 Å². The minimum absolute atomic E-state index is 0.531. The number of aryl methyl sites for hydroxylation is 1. The molecule has 0 spiro atoms. The molecule has 0 bridgehead atoms. The van der Waals surface area contributed by atoms with E-state index >= 15 is 0 Å². The number of anilines is 1. The number of hydrogen-bond donors (Lipinski definition) is 1. The van der Waals surface area contributed by atoms with E-state index in [1.807, 2.05) is 48.0 Å². The second-order valence-corrected chi connectivity index (χ2v) is 2.95. The summed E-state index contributed by atoms with van der Waals surface area (Å²) in [6.45, 7) is 1.93. The minimum atomic E-state index is 0.531. The van der Waals surface area contributed by atoms with E-state index in [1.54, 1.807) is 0 Å². The maximum absolute atomic E-state index is 5.73. The van der Waals surface area contributed by atoms with Gasteiger partial charge in [0.15, 0.2) is 0 Å². The zero-order chi connectivity index (χ0) is 9.26. The number of nitrogen functional groups attached to an aromatic ring is 1. The van der Waals surface area contributed by atoms with Crippen molar-refractivity contribution >= 4 is 5.95 Å². The van der Waals surface area contributed by atoms with Crippen molar-refractivity contribution in [1.82, 2.24) is 9.55 Å². The summed E-state index contributed by atoms with van der Waals surface area (Å²) in [5.74, 6) is 0.531. The predicted octanol–water partition coefficient (Wildman–Crippen LogP) is 1.76. The first kappa shape index (κ1) is 7.86. The SMILES string of the molecule is Cc1cn(-c2ccccc2)c(N)n1. The van der Waals surface area contributed by atoms with Gasteiger partial charge < -0.3 is 5.73 Å². The normalized spacial score (nSPS) is 10.2. The molecule has 0 saturated carbocycles. The standard InChI is InChI=1S/C10H11N3/c1-8-7-13(10(11)12-8)9-5-3-2-4-6-9/h2-7H,1H3,(H2,11,12). The van der Waals surface area contributed by atoms with Gasteiger partial charge in [0, 0.05) is 11.9 Å². The highest BCUT2D eigenvalue weighted by Crippen LogP contribution is 2.12. The van der Waals surface area contributed by atoms with Gasteiger partial charge in [0.1, 0.15) is 0 Å². The van der Waals surface area contributed by atoms with Gasteiger partial charge in [-0.05, 0) is 19.1 Å². The smallest absolute Gasteiger partial charge is 0.205 e. The van der Waals surface area contributed by atoms with E-state index in [9.17, 15) is 0 Å². The molecule has 0 aliphatic rings. The van der Waals surface area contributed by atoms with Crippen molar-refractivity contribution in [2.75, 3.05) is 5.73 Å². The van der Waals surface area contributed by atoms with Crippen LogP contribution in [0.15, 0.2) is 36.5 Å². The Morgan fingerprint density at radius 3 is 2.46 bits per heavy atom. The van der Waals surface area contributed by atoms with E-state index in [1.165, 1.54) is 0 Å². The number of para-hydroxylation sites is 1. The summed E-state index contributed by atoms with van der Waals surface area (Å²) in [6.07, 6.45) is 1.92. The topological polar surface area (TPSA) is 43.8 Å². The summed E-state index contributed by atoms with van der Waals surface area (Å²) >= 11 is 0. The summed E-state index contributed by atoms with van der Waals surface area (Å²) in [4.78, 5) is 4.13. The van der Waals surface area contributed by atoms with Gasteiger partial charge in [0.25, 0.3) is 0 Å². The number of nitrogens with zero attached hydrogens (tertiary/aromatic N) is 2. The maximum atomic E-state index is 5.73. The summed E-state index contributed by atoms with van der Waals surface area (Å²) in [7, 11) is 0. The van der Waals surface area contributed by atoms with E-state index in [0.29, 0.717) is 5.95 Å². The molecule has 13 heavy (non-hydrogen) atoms. The van der Waals surface area contributed by atoms with Crippen LogP contribution in [0, 0.1) is 6.92 Å². The van der Waals surface area contributed by atoms with Crippen LogP contribution in [0.25, 0.3) is 5.69 Å². The second-order valence-electron chi connectivity index (χ2n) is 2.95. The second kappa shape index (κ2) is 2.94. The van der Waals surface area contributed by atoms with Crippen molar-refractivity contribution in [3.05, 3.63) is 42.2 Å². The quantitative estimate of drug-likeness (QED) is 0.714. The molecule has 0 aliphatic carbocycles. The lowest BCUT2D eigenvalue weighted by Gasteiger charge is -2.02. The summed E-state index contributed by atoms with van der Waals surface area (Å²) < 4.78 is 1.87. The van der Waals surface area contributed by atoms with Gasteiger partial charge in [-0.3, -0.25) is 4.57 Å². The van der Waals surface area contributed by atoms with Crippen LogP contribution in [0.5, 0.6) is 0 Å². The fourth-order valence-electron chi connectivity index (χ4n) is 1.31. The zero-order valence-electron chi connectivity index (χ0n) is 7.44. The molecule has 66 valence electrons. The Balaban J connectivity index is 2.53. The van der Waals surface area contributed by atoms with Crippen molar-refractivity contribution in [3.63, 3.8) is 0 Å². The van der Waals surface area contributed by atoms with Crippen molar-refractivity contribution in [2.24, 2.45) is 0 Å². The van der Waals surface area contributed by atoms with Gasteiger partial charge in [-0.1, -0.05) is 18.2 Å². The van der Waals surface area contributed by atoms with Crippen LogP contribution < -0.4 is 5.73 Å². The molecule has 0 unspecified atom stereocenters. The molecule has 0 amide bonds. The average Bonchev–Trinajstić information content (AvgIpc) is 2.47. The van der Waals surface area contributed by atoms with Crippen molar-refractivity contribution < 1.29 is 0 Å². The lowest BCUT2D eigenvalue weighted by Crippen LogP contribution is -1.98. The fraction of sp³-hybridized carbons (Fsp3) is 0.100. The third kappa shape index (κ3) is 1.40. The third-order valence-electron chi connectivity index (χ3n) is 1.89. The van der Waals surface area contributed by atoms with Gasteiger partial charge in [-0.15, -0.1) is 0 Å². The largest absolute Gasteiger partial charge is 0.369 e. The number of hydrogen-bond acceptors (Lipinski definition) is 2. The lowest BCUT2D eigenvalue weighted by atomic mass is 10.3. The molecule has 3 nitrogen and oxygen atoms in total. The van der Waals surface area contributed by atoms with Crippen molar-refractivity contribution in [2.45, 2.75) is 6.92 Å². The van der Waals surface area contributed by atoms with E-state index in [0.717, 1.165) is 11.4 Å². The van der Waals surface area contributed by atoms with Crippen LogP contribution in [0.2, 0.25) is 0 Å². The van der Waals surface area contributed by atoms with Crippen molar-refractivity contribution in [3.8, 4) is 5.69 Å². The van der Waals surface area contributed by atoms with Crippen molar-refractivity contribution in [1.29, 1.82) is 0 Å². The van der Waals surface area contributed by atoms with Gasteiger partial charge >= 0.3 is 0 Å². The highest BCUT2D eigenvalue weighted by Gasteiger charge is 2.01. The van der Waals surface area contributed by atoms with E-state index in [2.05, 4.69) is 4.98 Å². The van der Waals surface area contributed by atoms with Gasteiger partial charge in [0.2, 0.25) is 5.95 Å². The van der Waals surface area contributed by atoms with Crippen LogP contribution in [0.3, 0.4) is 0 Å². The number of benzene rings is 1. The molecule has 0 saturated heterocycles. The molecule has 1 heterocycles. The van der Waals surface area contributed by atoms with Gasteiger partial charge in [-0.25, -0.2) is 4.98 Å². The zero-order valence-corrected chi connectivity index (χ0v) is 7.44. The van der Waals surface area contributed by atoms with E-state index < -0.39 is 0 Å². The van der Waals surface area contributed by atoms with Gasteiger partial charge in [-0.2, -0.15) is 0 Å². The Hall–Kier alpha value is -1.77. The van der Waals surface area contributed by atoms with E-state index in [4.69, 9.17) is 5.73 Å². The first-order chi connectivity index (χ1) is 6.27.